The summed E-state index contributed by atoms with van der Waals surface area (Å²) in [5.41, 5.74) is 8.65. The summed E-state index contributed by atoms with van der Waals surface area (Å²) >= 11 is 0. The van der Waals surface area contributed by atoms with Gasteiger partial charge in [0.1, 0.15) is 0 Å². The van der Waals surface area contributed by atoms with E-state index in [-0.39, 0.29) is 5.97 Å². The molecule has 0 aromatic heterocycles. The van der Waals surface area contributed by atoms with Crippen LogP contribution in [-0.2, 0) is 22.6 Å². The fraction of sp³-hybridized carbons (Fsp3) is 0.500. The lowest BCUT2D eigenvalue weighted by Gasteiger charge is -2.27. The van der Waals surface area contributed by atoms with Crippen LogP contribution in [0.25, 0.3) is 0 Å². The molecule has 1 aliphatic heterocycles. The first-order chi connectivity index (χ1) is 8.42. The number of anilines is 1. The first kappa shape index (κ1) is 12.9. The summed E-state index contributed by atoms with van der Waals surface area (Å²) in [6.45, 7) is 6.23. The Balaban J connectivity index is 2.06. The highest BCUT2D eigenvalue weighted by Gasteiger charge is 2.33. The molecule has 2 rings (SSSR count). The van der Waals surface area contributed by atoms with Crippen LogP contribution in [0.3, 0.4) is 0 Å². The Labute approximate surface area is 108 Å². The fourth-order valence-electron chi connectivity index (χ4n) is 2.50. The van der Waals surface area contributed by atoms with Crippen LogP contribution in [0.1, 0.15) is 25.0 Å². The lowest BCUT2D eigenvalue weighted by atomic mass is 9.93. The summed E-state index contributed by atoms with van der Waals surface area (Å²) in [7, 11) is 1.43. The molecule has 0 atom stereocenters. The van der Waals surface area contributed by atoms with Gasteiger partial charge in [-0.05, 0) is 37.1 Å². The van der Waals surface area contributed by atoms with Crippen molar-refractivity contribution < 1.29 is 9.53 Å². The Morgan fingerprint density at radius 2 is 2.06 bits per heavy atom. The molecule has 0 aliphatic carbocycles. The van der Waals surface area contributed by atoms with Crippen molar-refractivity contribution in [3.8, 4) is 0 Å². The van der Waals surface area contributed by atoms with Crippen molar-refractivity contribution in [2.45, 2.75) is 26.9 Å². The number of rotatable bonds is 3. The molecule has 4 heteroatoms. The second-order valence-electron chi connectivity index (χ2n) is 5.55. The molecule has 1 aromatic rings. The molecule has 0 radical (unpaired) electrons. The molecular formula is C14H20N2O2. The minimum Gasteiger partial charge on any atom is -0.469 e. The Hall–Kier alpha value is -1.55. The lowest BCUT2D eigenvalue weighted by Crippen LogP contribution is -2.37. The van der Waals surface area contributed by atoms with Gasteiger partial charge in [-0.3, -0.25) is 9.69 Å². The summed E-state index contributed by atoms with van der Waals surface area (Å²) in [6, 6.07) is 6.00. The Kier molecular flexibility index (Phi) is 3.30. The average Bonchev–Trinajstić information content (AvgIpc) is 2.68. The molecule has 18 heavy (non-hydrogen) atoms. The number of methoxy groups -OCH3 is 1. The largest absolute Gasteiger partial charge is 0.469 e. The second kappa shape index (κ2) is 4.61. The molecule has 0 bridgehead atoms. The minimum atomic E-state index is -0.484. The highest BCUT2D eigenvalue weighted by molar-refractivity contribution is 5.76. The smallest absolute Gasteiger partial charge is 0.312 e. The molecule has 0 fully saturated rings. The number of benzene rings is 1. The maximum atomic E-state index is 11.7. The van der Waals surface area contributed by atoms with Gasteiger partial charge in [-0.15, -0.1) is 0 Å². The van der Waals surface area contributed by atoms with E-state index in [9.17, 15) is 4.79 Å². The van der Waals surface area contributed by atoms with Crippen LogP contribution >= 0.6 is 0 Å². The zero-order chi connectivity index (χ0) is 13.3. The summed E-state index contributed by atoms with van der Waals surface area (Å²) < 4.78 is 4.84. The number of nitrogens with zero attached hydrogens (tertiary/aromatic N) is 1. The molecule has 0 unspecified atom stereocenters. The average molecular weight is 248 g/mol. The van der Waals surface area contributed by atoms with Gasteiger partial charge in [-0.1, -0.05) is 6.07 Å². The molecule has 1 aromatic carbocycles. The van der Waals surface area contributed by atoms with E-state index < -0.39 is 5.41 Å². The van der Waals surface area contributed by atoms with E-state index in [0.717, 1.165) is 18.8 Å². The maximum absolute atomic E-state index is 11.7. The molecule has 1 heterocycles. The molecule has 0 amide bonds. The van der Waals surface area contributed by atoms with E-state index in [4.69, 9.17) is 10.5 Å². The first-order valence-corrected chi connectivity index (χ1v) is 6.10. The molecule has 4 nitrogen and oxygen atoms in total. The third-order valence-electron chi connectivity index (χ3n) is 3.38. The van der Waals surface area contributed by atoms with Crippen molar-refractivity contribution in [3.05, 3.63) is 29.3 Å². The lowest BCUT2D eigenvalue weighted by molar-refractivity contribution is -0.151. The van der Waals surface area contributed by atoms with Gasteiger partial charge in [-0.25, -0.2) is 0 Å². The second-order valence-corrected chi connectivity index (χ2v) is 5.55. The molecule has 0 spiro atoms. The SMILES string of the molecule is COC(=O)C(C)(C)CN1Cc2ccc(N)cc2C1. The van der Waals surface area contributed by atoms with Crippen LogP contribution in [-0.4, -0.2) is 24.5 Å². The Morgan fingerprint density at radius 1 is 1.39 bits per heavy atom. The van der Waals surface area contributed by atoms with Gasteiger partial charge in [0.25, 0.3) is 0 Å². The highest BCUT2D eigenvalue weighted by atomic mass is 16.5. The van der Waals surface area contributed by atoms with Gasteiger partial charge in [0, 0.05) is 25.3 Å². The van der Waals surface area contributed by atoms with Gasteiger partial charge in [-0.2, -0.15) is 0 Å². The number of fused-ring (bicyclic) bond motifs is 1. The van der Waals surface area contributed by atoms with Gasteiger partial charge >= 0.3 is 5.97 Å². The zero-order valence-corrected chi connectivity index (χ0v) is 11.2. The summed E-state index contributed by atoms with van der Waals surface area (Å²) in [5, 5.41) is 0. The summed E-state index contributed by atoms with van der Waals surface area (Å²) in [5.74, 6) is -0.169. The van der Waals surface area contributed by atoms with Crippen LogP contribution in [0.4, 0.5) is 5.69 Å². The Bertz CT molecular complexity index is 469. The molecule has 2 N–H and O–H groups in total. The topological polar surface area (TPSA) is 55.6 Å². The molecule has 0 saturated carbocycles. The number of hydrogen-bond acceptors (Lipinski definition) is 4. The normalized spacial score (nSPS) is 15.5. The van der Waals surface area contributed by atoms with Crippen LogP contribution in [0.2, 0.25) is 0 Å². The number of nitrogens with two attached hydrogens (primary N) is 1. The summed E-state index contributed by atoms with van der Waals surface area (Å²) in [6.07, 6.45) is 0. The fourth-order valence-corrected chi connectivity index (χ4v) is 2.50. The van der Waals surface area contributed by atoms with Crippen molar-refractivity contribution in [1.29, 1.82) is 0 Å². The van der Waals surface area contributed by atoms with Gasteiger partial charge < -0.3 is 10.5 Å². The molecule has 1 aliphatic rings. The maximum Gasteiger partial charge on any atom is 0.312 e. The number of ether oxygens (including phenoxy) is 1. The van der Waals surface area contributed by atoms with Crippen molar-refractivity contribution in [3.63, 3.8) is 0 Å². The van der Waals surface area contributed by atoms with E-state index >= 15 is 0 Å². The van der Waals surface area contributed by atoms with E-state index in [1.807, 2.05) is 26.0 Å². The molecular weight excluding hydrogens is 228 g/mol. The third-order valence-corrected chi connectivity index (χ3v) is 3.38. The number of nitrogen functional groups attached to an aromatic ring is 1. The van der Waals surface area contributed by atoms with Crippen molar-refractivity contribution in [1.82, 2.24) is 4.90 Å². The van der Waals surface area contributed by atoms with Crippen LogP contribution in [0.15, 0.2) is 18.2 Å². The minimum absolute atomic E-state index is 0.169. The number of hydrogen-bond donors (Lipinski definition) is 1. The third kappa shape index (κ3) is 2.48. The van der Waals surface area contributed by atoms with Crippen LogP contribution in [0.5, 0.6) is 0 Å². The predicted octanol–water partition coefficient (Wildman–Crippen LogP) is 1.78. The highest BCUT2D eigenvalue weighted by Crippen LogP contribution is 2.28. The van der Waals surface area contributed by atoms with Crippen molar-refractivity contribution in [2.75, 3.05) is 19.4 Å². The van der Waals surface area contributed by atoms with Crippen molar-refractivity contribution >= 4 is 11.7 Å². The van der Waals surface area contributed by atoms with E-state index in [0.29, 0.717) is 6.54 Å². The van der Waals surface area contributed by atoms with E-state index in [2.05, 4.69) is 11.0 Å². The van der Waals surface area contributed by atoms with E-state index in [1.54, 1.807) is 0 Å². The monoisotopic (exact) mass is 248 g/mol. The summed E-state index contributed by atoms with van der Waals surface area (Å²) in [4.78, 5) is 13.9. The predicted molar refractivity (Wildman–Crippen MR) is 70.8 cm³/mol. The molecule has 0 saturated heterocycles. The number of esters is 1. The quantitative estimate of drug-likeness (QED) is 0.654. The van der Waals surface area contributed by atoms with Gasteiger partial charge in [0.05, 0.1) is 12.5 Å². The van der Waals surface area contributed by atoms with E-state index in [1.165, 1.54) is 18.2 Å². The standard InChI is InChI=1S/C14H20N2O2/c1-14(2,13(17)18-3)9-16-7-10-4-5-12(15)6-11(10)8-16/h4-6H,7-9,15H2,1-3H3. The van der Waals surface area contributed by atoms with Crippen LogP contribution < -0.4 is 5.73 Å². The van der Waals surface area contributed by atoms with Crippen LogP contribution in [0, 0.1) is 5.41 Å². The number of carbonyl (C=O) groups excluding carboxylic acids is 1. The van der Waals surface area contributed by atoms with Gasteiger partial charge in [0.15, 0.2) is 0 Å². The Morgan fingerprint density at radius 3 is 2.72 bits per heavy atom. The van der Waals surface area contributed by atoms with Gasteiger partial charge in [0.2, 0.25) is 0 Å². The number of carbonyl (C=O) groups is 1. The van der Waals surface area contributed by atoms with Crippen molar-refractivity contribution in [2.24, 2.45) is 5.41 Å². The zero-order valence-electron chi connectivity index (χ0n) is 11.2. The molecule has 98 valence electrons. The first-order valence-electron chi connectivity index (χ1n) is 6.10.